The van der Waals surface area contributed by atoms with E-state index < -0.39 is 17.5 Å². The Labute approximate surface area is 184 Å². The molecule has 2 heterocycles. The van der Waals surface area contributed by atoms with Crippen molar-refractivity contribution in [2.24, 2.45) is 0 Å². The first-order valence-corrected chi connectivity index (χ1v) is 9.93. The minimum absolute atomic E-state index is 0.0638. The van der Waals surface area contributed by atoms with Gasteiger partial charge in [-0.1, -0.05) is 6.07 Å². The molecule has 0 aliphatic heterocycles. The lowest BCUT2D eigenvalue weighted by Crippen LogP contribution is -2.23. The highest BCUT2D eigenvalue weighted by Crippen LogP contribution is 2.30. The Morgan fingerprint density at radius 3 is 2.74 bits per heavy atom. The van der Waals surface area contributed by atoms with Gasteiger partial charge in [0.2, 0.25) is 5.88 Å². The monoisotopic (exact) mass is 484 g/mol. The van der Waals surface area contributed by atoms with E-state index in [1.807, 2.05) is 0 Å². The summed E-state index contributed by atoms with van der Waals surface area (Å²) >= 11 is 3.22. The molecule has 0 aliphatic rings. The molecule has 0 saturated carbocycles. The largest absolute Gasteiger partial charge is 0.437 e. The van der Waals surface area contributed by atoms with E-state index in [1.54, 1.807) is 41.2 Å². The molecule has 0 bridgehead atoms. The van der Waals surface area contributed by atoms with Gasteiger partial charge in [-0.25, -0.2) is 18.7 Å². The van der Waals surface area contributed by atoms with E-state index in [9.17, 15) is 13.6 Å². The van der Waals surface area contributed by atoms with Gasteiger partial charge in [0.1, 0.15) is 22.9 Å². The van der Waals surface area contributed by atoms with E-state index in [0.717, 1.165) is 0 Å². The van der Waals surface area contributed by atoms with Gasteiger partial charge in [-0.3, -0.25) is 4.79 Å². The summed E-state index contributed by atoms with van der Waals surface area (Å²) in [6, 6.07) is 11.8. The van der Waals surface area contributed by atoms with Crippen molar-refractivity contribution in [1.29, 1.82) is 0 Å². The molecule has 2 aromatic carbocycles. The number of halogens is 3. The molecule has 0 atom stereocenters. The maximum Gasteiger partial charge on any atom is 0.257 e. The molecule has 156 valence electrons. The fraction of sp³-hybridized carbons (Fsp3) is 0.0455. The predicted molar refractivity (Wildman–Crippen MR) is 113 cm³/mol. The van der Waals surface area contributed by atoms with Gasteiger partial charge in [-0.05, 0) is 64.0 Å². The van der Waals surface area contributed by atoms with E-state index in [0.29, 0.717) is 21.5 Å². The average Bonchev–Trinajstić information content (AvgIpc) is 3.29. The Hall–Kier alpha value is -3.59. The zero-order valence-corrected chi connectivity index (χ0v) is 17.5. The third-order valence-electron chi connectivity index (χ3n) is 4.36. The fourth-order valence-corrected chi connectivity index (χ4v) is 3.29. The van der Waals surface area contributed by atoms with Crippen LogP contribution >= 0.6 is 15.9 Å². The standard InChI is InChI=1S/C22H15BrF2N4O2/c23-17-11-15(24)4-6-20(17)31-22-16(2-1-7-27-22)21(30)28-12-14-3-5-19(18(25)10-14)29-9-8-26-13-29/h1-11,13H,12H2,(H,28,30). The summed E-state index contributed by atoms with van der Waals surface area (Å²) in [4.78, 5) is 20.7. The smallest absolute Gasteiger partial charge is 0.257 e. The number of carbonyl (C=O) groups is 1. The lowest BCUT2D eigenvalue weighted by Gasteiger charge is -2.12. The van der Waals surface area contributed by atoms with E-state index in [2.05, 4.69) is 31.2 Å². The van der Waals surface area contributed by atoms with Crippen molar-refractivity contribution in [3.63, 3.8) is 0 Å². The molecule has 1 amide bonds. The van der Waals surface area contributed by atoms with Gasteiger partial charge >= 0.3 is 0 Å². The van der Waals surface area contributed by atoms with E-state index in [4.69, 9.17) is 4.74 Å². The lowest BCUT2D eigenvalue weighted by molar-refractivity contribution is 0.0948. The molecule has 9 heteroatoms. The Balaban J connectivity index is 1.47. The molecular weight excluding hydrogens is 470 g/mol. The van der Waals surface area contributed by atoms with Gasteiger partial charge in [0.05, 0.1) is 16.5 Å². The molecule has 0 fully saturated rings. The van der Waals surface area contributed by atoms with E-state index in [-0.39, 0.29) is 18.0 Å². The van der Waals surface area contributed by atoms with Gasteiger partial charge in [-0.15, -0.1) is 0 Å². The lowest BCUT2D eigenvalue weighted by atomic mass is 10.2. The molecule has 31 heavy (non-hydrogen) atoms. The Morgan fingerprint density at radius 1 is 1.13 bits per heavy atom. The van der Waals surface area contributed by atoms with Gasteiger partial charge in [0.25, 0.3) is 5.91 Å². The second-order valence-electron chi connectivity index (χ2n) is 6.47. The van der Waals surface area contributed by atoms with E-state index in [1.165, 1.54) is 36.8 Å². The van der Waals surface area contributed by atoms with Crippen molar-refractivity contribution in [2.45, 2.75) is 6.54 Å². The number of pyridine rings is 1. The number of nitrogens with zero attached hydrogens (tertiary/aromatic N) is 3. The molecule has 0 aliphatic carbocycles. The number of amides is 1. The van der Waals surface area contributed by atoms with Crippen molar-refractivity contribution < 1.29 is 18.3 Å². The second-order valence-corrected chi connectivity index (χ2v) is 7.33. The van der Waals surface area contributed by atoms with Crippen molar-refractivity contribution >= 4 is 21.8 Å². The third-order valence-corrected chi connectivity index (χ3v) is 4.98. The highest BCUT2D eigenvalue weighted by atomic mass is 79.9. The van der Waals surface area contributed by atoms with Crippen LogP contribution in [0.25, 0.3) is 5.69 Å². The number of rotatable bonds is 6. The number of nitrogens with one attached hydrogen (secondary N) is 1. The van der Waals surface area contributed by atoms with Crippen LogP contribution in [0, 0.1) is 11.6 Å². The highest BCUT2D eigenvalue weighted by molar-refractivity contribution is 9.10. The summed E-state index contributed by atoms with van der Waals surface area (Å²) < 4.78 is 35.3. The first kappa shape index (κ1) is 20.7. The maximum atomic E-state index is 14.4. The Kier molecular flexibility index (Phi) is 6.03. The van der Waals surface area contributed by atoms with Crippen molar-refractivity contribution in [1.82, 2.24) is 19.9 Å². The van der Waals surface area contributed by atoms with Crippen molar-refractivity contribution in [2.75, 3.05) is 0 Å². The van der Waals surface area contributed by atoms with Crippen LogP contribution in [0.2, 0.25) is 0 Å². The predicted octanol–water partition coefficient (Wildman–Crippen LogP) is 5.03. The van der Waals surface area contributed by atoms with Gasteiger partial charge in [0, 0.05) is 25.1 Å². The third kappa shape index (κ3) is 4.77. The molecule has 1 N–H and O–H groups in total. The van der Waals surface area contributed by atoms with Gasteiger partial charge < -0.3 is 14.6 Å². The molecule has 0 unspecified atom stereocenters. The van der Waals surface area contributed by atoms with Crippen LogP contribution < -0.4 is 10.1 Å². The number of ether oxygens (including phenoxy) is 1. The highest BCUT2D eigenvalue weighted by Gasteiger charge is 2.16. The number of imidazole rings is 1. The maximum absolute atomic E-state index is 14.4. The number of hydrogen-bond acceptors (Lipinski definition) is 4. The summed E-state index contributed by atoms with van der Waals surface area (Å²) in [6.45, 7) is 0.106. The molecule has 0 radical (unpaired) electrons. The minimum atomic E-state index is -0.444. The van der Waals surface area contributed by atoms with Crippen LogP contribution in [-0.4, -0.2) is 20.4 Å². The summed E-state index contributed by atoms with van der Waals surface area (Å²) in [7, 11) is 0. The first-order valence-electron chi connectivity index (χ1n) is 9.14. The van der Waals surface area contributed by atoms with Crippen molar-refractivity contribution in [3.05, 3.63) is 101 Å². The van der Waals surface area contributed by atoms with Crippen molar-refractivity contribution in [3.8, 4) is 17.3 Å². The zero-order chi connectivity index (χ0) is 21.8. The SMILES string of the molecule is O=C(NCc1ccc(-n2ccnc2)c(F)c1)c1cccnc1Oc1ccc(F)cc1Br. The normalized spacial score (nSPS) is 10.7. The topological polar surface area (TPSA) is 69.0 Å². The molecule has 0 saturated heterocycles. The number of benzene rings is 2. The zero-order valence-electron chi connectivity index (χ0n) is 15.9. The quantitative estimate of drug-likeness (QED) is 0.416. The van der Waals surface area contributed by atoms with Crippen LogP contribution in [-0.2, 0) is 6.54 Å². The number of aromatic nitrogens is 3. The summed E-state index contributed by atoms with van der Waals surface area (Å²) in [5.74, 6) is -0.929. The van der Waals surface area contributed by atoms with Crippen LogP contribution in [0.3, 0.4) is 0 Å². The number of carbonyl (C=O) groups excluding carboxylic acids is 1. The number of hydrogen-bond donors (Lipinski definition) is 1. The molecular formula is C22H15BrF2N4O2. The fourth-order valence-electron chi connectivity index (χ4n) is 2.86. The first-order chi connectivity index (χ1) is 15.0. The summed E-state index contributed by atoms with van der Waals surface area (Å²) in [5.41, 5.74) is 1.14. The molecule has 4 rings (SSSR count). The summed E-state index contributed by atoms with van der Waals surface area (Å²) in [5, 5.41) is 2.73. The molecule has 0 spiro atoms. The second kappa shape index (κ2) is 9.05. The Morgan fingerprint density at radius 2 is 2.00 bits per heavy atom. The van der Waals surface area contributed by atoms with Crippen LogP contribution in [0.5, 0.6) is 11.6 Å². The van der Waals surface area contributed by atoms with Crippen LogP contribution in [0.1, 0.15) is 15.9 Å². The van der Waals surface area contributed by atoms with E-state index >= 15 is 0 Å². The molecule has 4 aromatic rings. The molecule has 2 aromatic heterocycles. The summed E-state index contributed by atoms with van der Waals surface area (Å²) in [6.07, 6.45) is 6.19. The minimum Gasteiger partial charge on any atom is -0.437 e. The molecule has 6 nitrogen and oxygen atoms in total. The van der Waals surface area contributed by atoms with Gasteiger partial charge in [0.15, 0.2) is 0 Å². The van der Waals surface area contributed by atoms with Crippen LogP contribution in [0.15, 0.2) is 77.9 Å². The Bertz CT molecular complexity index is 1230. The van der Waals surface area contributed by atoms with Gasteiger partial charge in [-0.2, -0.15) is 0 Å². The van der Waals surface area contributed by atoms with Crippen LogP contribution in [0.4, 0.5) is 8.78 Å². The average molecular weight is 485 g/mol.